The minimum absolute atomic E-state index is 0. The molecule has 372 valence electrons. The van der Waals surface area contributed by atoms with E-state index in [4.69, 9.17) is 15.0 Å². The maximum Gasteiger partial charge on any atom is 3.00 e. The maximum absolute atomic E-state index is 5.41. The number of para-hydroxylation sites is 2. The molecule has 0 saturated heterocycles. The van der Waals surface area contributed by atoms with Crippen molar-refractivity contribution in [2.24, 2.45) is 0 Å². The predicted molar refractivity (Wildman–Crippen MR) is 316 cm³/mol. The average molecular weight is 1180 g/mol. The summed E-state index contributed by atoms with van der Waals surface area (Å²) in [6, 6.07) is 96.4. The van der Waals surface area contributed by atoms with E-state index in [1.54, 1.807) is 0 Å². The van der Waals surface area contributed by atoms with Crippen molar-refractivity contribution in [3.8, 4) is 84.0 Å². The van der Waals surface area contributed by atoms with E-state index < -0.39 is 0 Å². The van der Waals surface area contributed by atoms with Crippen LogP contribution in [0.4, 0.5) is 0 Å². The van der Waals surface area contributed by atoms with Gasteiger partial charge in [0.25, 0.3) is 0 Å². The normalized spacial score (nSPS) is 11.2. The van der Waals surface area contributed by atoms with Crippen molar-refractivity contribution < 1.29 is 20.1 Å². The summed E-state index contributed by atoms with van der Waals surface area (Å²) >= 11 is 0. The zero-order valence-corrected chi connectivity index (χ0v) is 45.2. The summed E-state index contributed by atoms with van der Waals surface area (Å²) in [5.74, 6) is 0. The summed E-state index contributed by atoms with van der Waals surface area (Å²) in [4.78, 5) is 15.1. The molecule has 0 unspecified atom stereocenters. The fourth-order valence-electron chi connectivity index (χ4n) is 10.9. The minimum Gasteiger partial charge on any atom is -0.328 e. The van der Waals surface area contributed by atoms with E-state index in [1.165, 1.54) is 38.9 Å². The molecule has 4 nitrogen and oxygen atoms in total. The first-order chi connectivity index (χ1) is 38.2. The van der Waals surface area contributed by atoms with Gasteiger partial charge in [0.1, 0.15) is 0 Å². The van der Waals surface area contributed by atoms with Gasteiger partial charge < -0.3 is 19.5 Å². The van der Waals surface area contributed by atoms with Gasteiger partial charge in [0.15, 0.2) is 0 Å². The van der Waals surface area contributed by atoms with Crippen LogP contribution in [0.1, 0.15) is 22.3 Å². The molecule has 5 heteroatoms. The Morgan fingerprint density at radius 1 is 0.333 bits per heavy atom. The zero-order chi connectivity index (χ0) is 51.3. The van der Waals surface area contributed by atoms with Crippen LogP contribution in [0.3, 0.4) is 0 Å². The molecule has 0 radical (unpaired) electrons. The van der Waals surface area contributed by atoms with Crippen molar-refractivity contribution in [3.05, 3.63) is 302 Å². The Hall–Kier alpha value is -9.12. The van der Waals surface area contributed by atoms with E-state index in [2.05, 4.69) is 229 Å². The van der Waals surface area contributed by atoms with Crippen LogP contribution in [-0.4, -0.2) is 19.5 Å². The number of nitrogens with zero attached hydrogens (tertiary/aromatic N) is 4. The van der Waals surface area contributed by atoms with E-state index >= 15 is 0 Å². The molecule has 9 aromatic carbocycles. The van der Waals surface area contributed by atoms with Gasteiger partial charge in [0.05, 0.1) is 0 Å². The molecular formula is C73H51IrN4. The first-order valence-corrected chi connectivity index (χ1v) is 26.4. The van der Waals surface area contributed by atoms with Crippen LogP contribution >= 0.6 is 0 Å². The number of pyridine rings is 3. The van der Waals surface area contributed by atoms with Crippen molar-refractivity contribution in [1.82, 2.24) is 19.5 Å². The number of fused-ring (bicyclic) bond motifs is 3. The molecular weight excluding hydrogens is 1130 g/mol. The van der Waals surface area contributed by atoms with Gasteiger partial charge in [0, 0.05) is 35.4 Å². The average Bonchev–Trinajstić information content (AvgIpc) is 4.01. The molecule has 0 aliphatic heterocycles. The predicted octanol–water partition coefficient (Wildman–Crippen LogP) is 17.6. The molecule has 4 heterocycles. The maximum atomic E-state index is 5.41. The smallest absolute Gasteiger partial charge is 0.328 e. The van der Waals surface area contributed by atoms with Gasteiger partial charge in [-0.05, 0) is 133 Å². The van der Waals surface area contributed by atoms with E-state index in [9.17, 15) is 0 Å². The summed E-state index contributed by atoms with van der Waals surface area (Å²) in [5.41, 5.74) is 23.1. The fraction of sp³-hybridized carbons (Fsp3) is 0.0548. The van der Waals surface area contributed by atoms with Crippen molar-refractivity contribution in [1.29, 1.82) is 0 Å². The third kappa shape index (κ3) is 10.3. The van der Waals surface area contributed by atoms with Gasteiger partial charge in [-0.25, -0.2) is 0 Å². The van der Waals surface area contributed by atoms with Gasteiger partial charge in [-0.3, -0.25) is 0 Å². The fourth-order valence-corrected chi connectivity index (χ4v) is 10.9. The Morgan fingerprint density at radius 3 is 1.51 bits per heavy atom. The van der Waals surface area contributed by atoms with Gasteiger partial charge in [0.2, 0.25) is 0 Å². The summed E-state index contributed by atoms with van der Waals surface area (Å²) < 4.78 is 2.35. The first-order valence-electron chi connectivity index (χ1n) is 26.4. The Labute approximate surface area is 469 Å². The zero-order valence-electron chi connectivity index (χ0n) is 42.8. The minimum atomic E-state index is 0. The molecule has 0 saturated carbocycles. The largest absolute Gasteiger partial charge is 3.00 e. The first kappa shape index (κ1) is 49.7. The van der Waals surface area contributed by atoms with Crippen LogP contribution < -0.4 is 0 Å². The van der Waals surface area contributed by atoms with Crippen LogP contribution in [0.5, 0.6) is 0 Å². The molecule has 0 atom stereocenters. The molecule has 0 fully saturated rings. The van der Waals surface area contributed by atoms with E-state index in [-0.39, 0.29) is 20.1 Å². The second-order valence-electron chi connectivity index (χ2n) is 19.6. The third-order valence-electron chi connectivity index (χ3n) is 14.7. The van der Waals surface area contributed by atoms with Crippen molar-refractivity contribution in [3.63, 3.8) is 0 Å². The van der Waals surface area contributed by atoms with Gasteiger partial charge in [-0.1, -0.05) is 169 Å². The number of aromatic nitrogens is 4. The molecule has 0 N–H and O–H groups in total. The van der Waals surface area contributed by atoms with Crippen LogP contribution in [-0.2, 0) is 45.8 Å². The number of rotatable bonds is 14. The van der Waals surface area contributed by atoms with Crippen LogP contribution in [0.2, 0.25) is 0 Å². The molecule has 13 aromatic rings. The topological polar surface area (TPSA) is 43.6 Å². The van der Waals surface area contributed by atoms with Gasteiger partial charge in [-0.2, -0.15) is 0 Å². The molecule has 0 spiro atoms. The van der Waals surface area contributed by atoms with Crippen LogP contribution in [0.15, 0.2) is 261 Å². The monoisotopic (exact) mass is 1180 g/mol. The Kier molecular flexibility index (Phi) is 14.4. The molecule has 0 amide bonds. The Balaban J connectivity index is 0.00000609. The summed E-state index contributed by atoms with van der Waals surface area (Å²) in [6.07, 6.45) is 9.58. The van der Waals surface area contributed by atoms with Crippen molar-refractivity contribution in [2.75, 3.05) is 0 Å². The van der Waals surface area contributed by atoms with E-state index in [0.717, 1.165) is 115 Å². The molecule has 13 rings (SSSR count). The molecule has 78 heavy (non-hydrogen) atoms. The SMILES string of the molecule is [Ir+3].[c-]1ccccc1-c1ccc(CCc2cc(CCc3ccc(-c4[c-]cccc4)nc3)cc(-c3ccccc3-c3cnc(-c4[c-]ccc5c4c4ccccc4n5-c4ccccc4)cc3-c3ccc(-c4ccccc4)cc3)c2)cn1. The number of aryl methyl sites for hydroxylation is 4. The van der Waals surface area contributed by atoms with Crippen molar-refractivity contribution >= 4 is 21.8 Å². The standard InChI is InChI=1S/C73H51N4.Ir/c1-5-18-55(19-6-1)56-38-40-57(41-39-56)66-47-70(64-29-17-31-72-73(64)65-28-15-16-30-71(65)77(72)61-24-11-4-12-25-61)76-50-67(66)63-27-14-13-26-62(63)60-45-53(34-32-51-36-42-68(74-48-51)58-20-7-2-8-21-58)44-54(46-60)35-33-52-37-43-69(75-49-52)59-22-9-3-10-23-59;/h1-20,22,24-28,30-31,36-50H,32-35H2;/q-3;+3. The number of benzene rings is 9. The molecule has 0 aliphatic carbocycles. The Bertz CT molecular complexity index is 4050. The van der Waals surface area contributed by atoms with Gasteiger partial charge >= 0.3 is 20.1 Å². The molecule has 0 bridgehead atoms. The molecule has 4 aromatic heterocycles. The second-order valence-corrected chi connectivity index (χ2v) is 19.6. The second kappa shape index (κ2) is 22.6. The summed E-state index contributed by atoms with van der Waals surface area (Å²) in [6.45, 7) is 0. The molecule has 0 aliphatic rings. The van der Waals surface area contributed by atoms with Crippen LogP contribution in [0.25, 0.3) is 106 Å². The number of hydrogen-bond donors (Lipinski definition) is 0. The van der Waals surface area contributed by atoms with Gasteiger partial charge in [-0.15, -0.1) is 95.6 Å². The third-order valence-corrected chi connectivity index (χ3v) is 14.7. The Morgan fingerprint density at radius 2 is 0.885 bits per heavy atom. The summed E-state index contributed by atoms with van der Waals surface area (Å²) in [5, 5.41) is 2.29. The van der Waals surface area contributed by atoms with Crippen LogP contribution in [0, 0.1) is 18.2 Å². The van der Waals surface area contributed by atoms with E-state index in [0.29, 0.717) is 0 Å². The number of hydrogen-bond acceptors (Lipinski definition) is 3. The quantitative estimate of drug-likeness (QED) is 0.102. The van der Waals surface area contributed by atoms with E-state index in [1.807, 2.05) is 54.9 Å². The summed E-state index contributed by atoms with van der Waals surface area (Å²) in [7, 11) is 0. The van der Waals surface area contributed by atoms with Crippen molar-refractivity contribution in [2.45, 2.75) is 25.7 Å².